The van der Waals surface area contributed by atoms with Gasteiger partial charge in [-0.3, -0.25) is 9.48 Å². The van der Waals surface area contributed by atoms with E-state index in [0.717, 1.165) is 0 Å². The zero-order valence-corrected chi connectivity index (χ0v) is 9.85. The first-order valence-electron chi connectivity index (χ1n) is 5.28. The largest absolute Gasteiger partial charge is 0.435 e. The van der Waals surface area contributed by atoms with E-state index in [1.807, 2.05) is 13.8 Å². The first-order valence-corrected chi connectivity index (χ1v) is 5.28. The Kier molecular flexibility index (Phi) is 2.38. The molecule has 2 rings (SSSR count). The minimum atomic E-state index is -4.57. The van der Waals surface area contributed by atoms with Gasteiger partial charge < -0.3 is 0 Å². The van der Waals surface area contributed by atoms with Gasteiger partial charge in [-0.05, 0) is 11.8 Å². The Hall–Kier alpha value is -1.33. The van der Waals surface area contributed by atoms with E-state index < -0.39 is 17.7 Å². The zero-order valence-electron chi connectivity index (χ0n) is 9.85. The van der Waals surface area contributed by atoms with Gasteiger partial charge in [-0.2, -0.15) is 18.3 Å². The summed E-state index contributed by atoms with van der Waals surface area (Å²) in [7, 11) is 1.45. The van der Waals surface area contributed by atoms with Gasteiger partial charge in [0.2, 0.25) is 0 Å². The van der Waals surface area contributed by atoms with Crippen LogP contribution >= 0.6 is 0 Å². The number of rotatable bonds is 0. The van der Waals surface area contributed by atoms with Crippen LogP contribution in [0.15, 0.2) is 0 Å². The fourth-order valence-electron chi connectivity index (χ4n) is 2.29. The zero-order chi connectivity index (χ0) is 13.0. The van der Waals surface area contributed by atoms with Crippen LogP contribution in [0, 0.1) is 5.41 Å². The van der Waals surface area contributed by atoms with Crippen molar-refractivity contribution in [3.8, 4) is 0 Å². The number of carbonyl (C=O) groups is 1. The number of hydrogen-bond donors (Lipinski definition) is 0. The minimum absolute atomic E-state index is 0.134. The van der Waals surface area contributed by atoms with Gasteiger partial charge in [0.25, 0.3) is 0 Å². The molecule has 17 heavy (non-hydrogen) atoms. The third kappa shape index (κ3) is 1.96. The van der Waals surface area contributed by atoms with E-state index in [-0.39, 0.29) is 17.4 Å². The highest BCUT2D eigenvalue weighted by Crippen LogP contribution is 2.40. The molecule has 0 amide bonds. The fraction of sp³-hybridized carbons (Fsp3) is 0.636. The van der Waals surface area contributed by atoms with Gasteiger partial charge in [-0.25, -0.2) is 0 Å². The van der Waals surface area contributed by atoms with Crippen LogP contribution in [0.2, 0.25) is 0 Å². The average molecular weight is 246 g/mol. The molecule has 0 atom stereocenters. The summed E-state index contributed by atoms with van der Waals surface area (Å²) in [6, 6.07) is 0. The molecule has 1 heterocycles. The third-order valence-corrected chi connectivity index (χ3v) is 3.00. The molecule has 0 saturated heterocycles. The number of ketones is 1. The predicted molar refractivity (Wildman–Crippen MR) is 54.6 cm³/mol. The van der Waals surface area contributed by atoms with Crippen molar-refractivity contribution in [3.63, 3.8) is 0 Å². The Balaban J connectivity index is 2.62. The quantitative estimate of drug-likeness (QED) is 0.705. The standard InChI is InChI=1S/C11H13F3N2O/c1-10(2)4-6-8(7(17)5-10)9(11(12,13)14)15-16(6)3/h4-5H2,1-3H3. The molecule has 3 nitrogen and oxygen atoms in total. The Labute approximate surface area is 96.6 Å². The second-order valence-corrected chi connectivity index (χ2v) is 5.23. The van der Waals surface area contributed by atoms with Crippen molar-refractivity contribution < 1.29 is 18.0 Å². The van der Waals surface area contributed by atoms with Crippen molar-refractivity contribution in [3.05, 3.63) is 17.0 Å². The lowest BCUT2D eigenvalue weighted by atomic mass is 9.75. The summed E-state index contributed by atoms with van der Waals surface area (Å²) in [5.41, 5.74) is -1.20. The molecular formula is C11H13F3N2O. The van der Waals surface area contributed by atoms with Crippen molar-refractivity contribution in [2.24, 2.45) is 12.5 Å². The lowest BCUT2D eigenvalue weighted by molar-refractivity contribution is -0.141. The SMILES string of the molecule is Cn1nc(C(F)(F)F)c2c1CC(C)(C)CC2=O. The Morgan fingerprint density at radius 3 is 2.41 bits per heavy atom. The Bertz CT molecular complexity index is 486. The van der Waals surface area contributed by atoms with E-state index >= 15 is 0 Å². The monoisotopic (exact) mass is 246 g/mol. The second-order valence-electron chi connectivity index (χ2n) is 5.23. The van der Waals surface area contributed by atoms with Gasteiger partial charge in [0.1, 0.15) is 0 Å². The molecule has 1 aromatic rings. The van der Waals surface area contributed by atoms with E-state index in [9.17, 15) is 18.0 Å². The molecule has 0 saturated carbocycles. The van der Waals surface area contributed by atoms with Crippen LogP contribution in [-0.4, -0.2) is 15.6 Å². The number of Topliss-reactive ketones (excluding diaryl/α,β-unsaturated/α-hetero) is 1. The fourth-order valence-corrected chi connectivity index (χ4v) is 2.29. The maximum absolute atomic E-state index is 12.7. The molecule has 0 spiro atoms. The van der Waals surface area contributed by atoms with E-state index in [0.29, 0.717) is 12.1 Å². The van der Waals surface area contributed by atoms with Gasteiger partial charge in [0, 0.05) is 13.5 Å². The summed E-state index contributed by atoms with van der Waals surface area (Å²) < 4.78 is 39.4. The summed E-state index contributed by atoms with van der Waals surface area (Å²) in [6.07, 6.45) is -4.00. The highest BCUT2D eigenvalue weighted by molar-refractivity contribution is 6.00. The van der Waals surface area contributed by atoms with Crippen molar-refractivity contribution in [1.82, 2.24) is 9.78 Å². The van der Waals surface area contributed by atoms with Gasteiger partial charge in [-0.15, -0.1) is 0 Å². The maximum Gasteiger partial charge on any atom is 0.435 e. The van der Waals surface area contributed by atoms with Gasteiger partial charge in [0.15, 0.2) is 11.5 Å². The molecule has 6 heteroatoms. The predicted octanol–water partition coefficient (Wildman–Crippen LogP) is 2.59. The number of aromatic nitrogens is 2. The average Bonchev–Trinajstić information content (AvgIpc) is 2.41. The Morgan fingerprint density at radius 1 is 1.29 bits per heavy atom. The summed E-state index contributed by atoms with van der Waals surface area (Å²) in [5, 5.41) is 3.45. The third-order valence-electron chi connectivity index (χ3n) is 3.00. The van der Waals surface area contributed by atoms with E-state index in [4.69, 9.17) is 0 Å². The molecule has 1 aliphatic carbocycles. The summed E-state index contributed by atoms with van der Waals surface area (Å²) in [6.45, 7) is 3.74. The minimum Gasteiger partial charge on any atom is -0.294 e. The number of fused-ring (bicyclic) bond motifs is 1. The van der Waals surface area contributed by atoms with Crippen LogP contribution in [-0.2, 0) is 19.6 Å². The van der Waals surface area contributed by atoms with Crippen LogP contribution in [0.5, 0.6) is 0 Å². The number of hydrogen-bond acceptors (Lipinski definition) is 2. The van der Waals surface area contributed by atoms with Gasteiger partial charge >= 0.3 is 6.18 Å². The number of halogens is 3. The Morgan fingerprint density at radius 2 is 1.88 bits per heavy atom. The number of aryl methyl sites for hydroxylation is 1. The van der Waals surface area contributed by atoms with Crippen LogP contribution in [0.1, 0.15) is 42.0 Å². The van der Waals surface area contributed by atoms with Crippen molar-refractivity contribution in [1.29, 1.82) is 0 Å². The van der Waals surface area contributed by atoms with Gasteiger partial charge in [-0.1, -0.05) is 13.8 Å². The number of nitrogens with zero attached hydrogens (tertiary/aromatic N) is 2. The summed E-state index contributed by atoms with van der Waals surface area (Å²) in [4.78, 5) is 11.8. The number of alkyl halides is 3. The first-order chi connectivity index (χ1) is 7.62. The van der Waals surface area contributed by atoms with Crippen LogP contribution in [0.4, 0.5) is 13.2 Å². The molecule has 1 aromatic heterocycles. The highest BCUT2D eigenvalue weighted by atomic mass is 19.4. The first kappa shape index (κ1) is 12.1. The lowest BCUT2D eigenvalue weighted by Gasteiger charge is -2.28. The molecule has 0 aliphatic heterocycles. The summed E-state index contributed by atoms with van der Waals surface area (Å²) >= 11 is 0. The lowest BCUT2D eigenvalue weighted by Crippen LogP contribution is -2.28. The topological polar surface area (TPSA) is 34.9 Å². The second kappa shape index (κ2) is 3.34. The maximum atomic E-state index is 12.7. The number of carbonyl (C=O) groups excluding carboxylic acids is 1. The molecular weight excluding hydrogens is 233 g/mol. The van der Waals surface area contributed by atoms with Crippen LogP contribution < -0.4 is 0 Å². The summed E-state index contributed by atoms with van der Waals surface area (Å²) in [5.74, 6) is -0.461. The molecule has 0 radical (unpaired) electrons. The molecule has 0 fully saturated rings. The molecule has 0 bridgehead atoms. The van der Waals surface area contributed by atoms with Crippen molar-refractivity contribution in [2.45, 2.75) is 32.9 Å². The normalized spacial score (nSPS) is 19.3. The molecule has 0 N–H and O–H groups in total. The molecule has 1 aliphatic rings. The van der Waals surface area contributed by atoms with Crippen LogP contribution in [0.25, 0.3) is 0 Å². The van der Waals surface area contributed by atoms with E-state index in [1.165, 1.54) is 11.7 Å². The molecule has 0 aromatic carbocycles. The smallest absolute Gasteiger partial charge is 0.294 e. The van der Waals surface area contributed by atoms with Crippen LogP contribution in [0.3, 0.4) is 0 Å². The highest BCUT2D eigenvalue weighted by Gasteiger charge is 2.44. The van der Waals surface area contributed by atoms with Crippen molar-refractivity contribution >= 4 is 5.78 Å². The van der Waals surface area contributed by atoms with Crippen molar-refractivity contribution in [2.75, 3.05) is 0 Å². The van der Waals surface area contributed by atoms with Gasteiger partial charge in [0.05, 0.1) is 11.3 Å². The molecule has 0 unspecified atom stereocenters. The molecule has 94 valence electrons. The van der Waals surface area contributed by atoms with E-state index in [2.05, 4.69) is 5.10 Å². The van der Waals surface area contributed by atoms with E-state index in [1.54, 1.807) is 0 Å².